The van der Waals surface area contributed by atoms with E-state index < -0.39 is 0 Å². The smallest absolute Gasteiger partial charge is 0.0223 e. The van der Waals surface area contributed by atoms with Gasteiger partial charge in [-0.25, -0.2) is 0 Å². The summed E-state index contributed by atoms with van der Waals surface area (Å²) in [6, 6.07) is 0. The van der Waals surface area contributed by atoms with Crippen molar-refractivity contribution < 1.29 is 0 Å². The summed E-state index contributed by atoms with van der Waals surface area (Å²) < 4.78 is 0. The summed E-state index contributed by atoms with van der Waals surface area (Å²) in [5, 5.41) is 0. The van der Waals surface area contributed by atoms with Crippen LogP contribution in [0.1, 0.15) is 64.7 Å². The molecule has 0 rings (SSSR count). The van der Waals surface area contributed by atoms with Crippen LogP contribution < -0.4 is 0 Å². The van der Waals surface area contributed by atoms with Crippen molar-refractivity contribution in [2.45, 2.75) is 64.7 Å². The minimum Gasteiger partial charge on any atom is -0.127 e. The molecule has 0 aromatic heterocycles. The van der Waals surface area contributed by atoms with Crippen molar-refractivity contribution in [3.63, 3.8) is 0 Å². The number of alkyl halides is 1. The number of hydrogen-bond donors (Lipinski definition) is 0. The second kappa shape index (κ2) is 14.6. The Morgan fingerprint density at radius 3 is 2.19 bits per heavy atom. The SMILES string of the molecule is CCC=CC#CCCCCCCCCCCl. The molecule has 0 atom stereocenters. The van der Waals surface area contributed by atoms with E-state index in [2.05, 4.69) is 24.8 Å². The molecule has 0 heterocycles. The molecule has 0 nitrogen and oxygen atoms in total. The van der Waals surface area contributed by atoms with Crippen LogP contribution in [0.4, 0.5) is 0 Å². The van der Waals surface area contributed by atoms with Crippen LogP contribution in [0, 0.1) is 11.8 Å². The summed E-state index contributed by atoms with van der Waals surface area (Å²) in [6.07, 6.45) is 15.3. The maximum absolute atomic E-state index is 5.61. The third-order valence-electron chi connectivity index (χ3n) is 2.47. The summed E-state index contributed by atoms with van der Waals surface area (Å²) in [7, 11) is 0. The minimum absolute atomic E-state index is 0.820. The molecule has 16 heavy (non-hydrogen) atoms. The van der Waals surface area contributed by atoms with Gasteiger partial charge in [-0.3, -0.25) is 0 Å². The molecule has 0 aliphatic rings. The van der Waals surface area contributed by atoms with Gasteiger partial charge in [-0.1, -0.05) is 56.9 Å². The maximum atomic E-state index is 5.61. The first-order valence-corrected chi connectivity index (χ1v) is 7.14. The summed E-state index contributed by atoms with van der Waals surface area (Å²) in [5.74, 6) is 7.06. The Hall–Kier alpha value is -0.410. The third kappa shape index (κ3) is 13.6. The molecule has 0 aromatic carbocycles. The van der Waals surface area contributed by atoms with Crippen LogP contribution >= 0.6 is 11.6 Å². The highest BCUT2D eigenvalue weighted by Gasteiger charge is 1.90. The summed E-state index contributed by atoms with van der Waals surface area (Å²) in [6.45, 7) is 2.13. The first kappa shape index (κ1) is 15.6. The molecular formula is C15H25Cl. The second-order valence-corrected chi connectivity index (χ2v) is 4.42. The Labute approximate surface area is 106 Å². The third-order valence-corrected chi connectivity index (χ3v) is 2.74. The van der Waals surface area contributed by atoms with Crippen molar-refractivity contribution in [2.24, 2.45) is 0 Å². The second-order valence-electron chi connectivity index (χ2n) is 4.05. The lowest BCUT2D eigenvalue weighted by Gasteiger charge is -1.98. The molecule has 0 unspecified atom stereocenters. The lowest BCUT2D eigenvalue weighted by molar-refractivity contribution is 0.595. The Kier molecular flexibility index (Phi) is 14.2. The Bertz CT molecular complexity index is 207. The van der Waals surface area contributed by atoms with Crippen LogP contribution in [0.3, 0.4) is 0 Å². The average molecular weight is 241 g/mol. The molecule has 0 fully saturated rings. The largest absolute Gasteiger partial charge is 0.127 e. The highest BCUT2D eigenvalue weighted by molar-refractivity contribution is 6.17. The van der Waals surface area contributed by atoms with Gasteiger partial charge in [-0.2, -0.15) is 0 Å². The van der Waals surface area contributed by atoms with Crippen molar-refractivity contribution in [1.82, 2.24) is 0 Å². The number of hydrogen-bond acceptors (Lipinski definition) is 0. The van der Waals surface area contributed by atoms with Crippen molar-refractivity contribution in [1.29, 1.82) is 0 Å². The van der Waals surface area contributed by atoms with Gasteiger partial charge in [0.2, 0.25) is 0 Å². The van der Waals surface area contributed by atoms with Crippen LogP contribution in [0.2, 0.25) is 0 Å². The van der Waals surface area contributed by atoms with E-state index in [0.29, 0.717) is 0 Å². The molecule has 0 aromatic rings. The first-order chi connectivity index (χ1) is 7.91. The van der Waals surface area contributed by atoms with Crippen LogP contribution in [-0.2, 0) is 0 Å². The quantitative estimate of drug-likeness (QED) is 0.291. The molecule has 0 amide bonds. The molecule has 0 saturated heterocycles. The van der Waals surface area contributed by atoms with Crippen molar-refractivity contribution in [3.8, 4) is 11.8 Å². The van der Waals surface area contributed by atoms with E-state index in [1.165, 1.54) is 44.9 Å². The Balaban J connectivity index is 3.08. The van der Waals surface area contributed by atoms with E-state index in [0.717, 1.165) is 18.7 Å². The highest BCUT2D eigenvalue weighted by atomic mass is 35.5. The zero-order valence-electron chi connectivity index (χ0n) is 10.6. The topological polar surface area (TPSA) is 0 Å². The van der Waals surface area contributed by atoms with Gasteiger partial charge in [0.25, 0.3) is 0 Å². The number of halogens is 1. The number of unbranched alkanes of at least 4 members (excludes halogenated alkanes) is 7. The number of allylic oxidation sites excluding steroid dienone is 2. The molecule has 0 aliphatic carbocycles. The van der Waals surface area contributed by atoms with Crippen LogP contribution in [0.15, 0.2) is 12.2 Å². The fourth-order valence-corrected chi connectivity index (χ4v) is 1.69. The van der Waals surface area contributed by atoms with Crippen molar-refractivity contribution in [2.75, 3.05) is 5.88 Å². The van der Waals surface area contributed by atoms with E-state index in [-0.39, 0.29) is 0 Å². The molecule has 0 aliphatic heterocycles. The zero-order valence-corrected chi connectivity index (χ0v) is 11.4. The molecule has 0 spiro atoms. The lowest BCUT2D eigenvalue weighted by atomic mass is 10.1. The summed E-state index contributed by atoms with van der Waals surface area (Å²) in [4.78, 5) is 0. The van der Waals surface area contributed by atoms with Gasteiger partial charge in [-0.05, 0) is 25.3 Å². The fraction of sp³-hybridized carbons (Fsp3) is 0.733. The molecular weight excluding hydrogens is 216 g/mol. The normalized spacial score (nSPS) is 10.4. The first-order valence-electron chi connectivity index (χ1n) is 6.61. The van der Waals surface area contributed by atoms with Crippen molar-refractivity contribution >= 4 is 11.6 Å². The van der Waals surface area contributed by atoms with Gasteiger partial charge in [-0.15, -0.1) is 11.6 Å². The van der Waals surface area contributed by atoms with Crippen LogP contribution in [0.25, 0.3) is 0 Å². The van der Waals surface area contributed by atoms with E-state index in [9.17, 15) is 0 Å². The standard InChI is InChI=1S/C15H25Cl/c1-2-3-4-5-6-7-8-9-10-11-12-13-14-15-16/h3-4H,2,7-15H2,1H3. The van der Waals surface area contributed by atoms with Gasteiger partial charge in [0.05, 0.1) is 0 Å². The molecule has 0 radical (unpaired) electrons. The Morgan fingerprint density at radius 1 is 0.938 bits per heavy atom. The van der Waals surface area contributed by atoms with Gasteiger partial charge in [0.15, 0.2) is 0 Å². The number of rotatable bonds is 9. The zero-order chi connectivity index (χ0) is 11.9. The van der Waals surface area contributed by atoms with Crippen LogP contribution in [0.5, 0.6) is 0 Å². The predicted octanol–water partition coefficient (Wildman–Crippen LogP) is 5.32. The van der Waals surface area contributed by atoms with Gasteiger partial charge in [0.1, 0.15) is 0 Å². The maximum Gasteiger partial charge on any atom is 0.0223 e. The monoisotopic (exact) mass is 240 g/mol. The van der Waals surface area contributed by atoms with E-state index in [1.54, 1.807) is 0 Å². The Morgan fingerprint density at radius 2 is 1.56 bits per heavy atom. The minimum atomic E-state index is 0.820. The van der Waals surface area contributed by atoms with E-state index in [1.807, 2.05) is 6.08 Å². The molecule has 1 heteroatoms. The van der Waals surface area contributed by atoms with Crippen molar-refractivity contribution in [3.05, 3.63) is 12.2 Å². The van der Waals surface area contributed by atoms with Gasteiger partial charge < -0.3 is 0 Å². The molecule has 0 bridgehead atoms. The van der Waals surface area contributed by atoms with Crippen LogP contribution in [-0.4, -0.2) is 5.88 Å². The lowest BCUT2D eigenvalue weighted by Crippen LogP contribution is -1.81. The van der Waals surface area contributed by atoms with E-state index >= 15 is 0 Å². The fourth-order valence-electron chi connectivity index (χ4n) is 1.50. The summed E-state index contributed by atoms with van der Waals surface area (Å²) >= 11 is 5.61. The van der Waals surface area contributed by atoms with Gasteiger partial charge >= 0.3 is 0 Å². The van der Waals surface area contributed by atoms with E-state index in [4.69, 9.17) is 11.6 Å². The molecule has 92 valence electrons. The van der Waals surface area contributed by atoms with Gasteiger partial charge in [0, 0.05) is 12.3 Å². The molecule has 0 saturated carbocycles. The average Bonchev–Trinajstić information content (AvgIpc) is 2.31. The predicted molar refractivity (Wildman–Crippen MR) is 74.9 cm³/mol. The molecule has 0 N–H and O–H groups in total. The summed E-state index contributed by atoms with van der Waals surface area (Å²) in [5.41, 5.74) is 0. The highest BCUT2D eigenvalue weighted by Crippen LogP contribution is 2.08.